The van der Waals surface area contributed by atoms with Crippen LogP contribution in [-0.4, -0.2) is 31.5 Å². The number of nitrogens with one attached hydrogen (secondary N) is 1. The van der Waals surface area contributed by atoms with E-state index in [-0.39, 0.29) is 11.4 Å². The van der Waals surface area contributed by atoms with Crippen molar-refractivity contribution in [2.45, 2.75) is 38.7 Å². The number of hydrogen-bond acceptors (Lipinski definition) is 5. The van der Waals surface area contributed by atoms with Gasteiger partial charge in [0.2, 0.25) is 5.91 Å². The molecule has 1 amide bonds. The van der Waals surface area contributed by atoms with E-state index in [0.29, 0.717) is 34.1 Å². The molecule has 0 spiro atoms. The minimum Gasteiger partial charge on any atom is -0.387 e. The van der Waals surface area contributed by atoms with Gasteiger partial charge in [-0.3, -0.25) is 14.6 Å². The van der Waals surface area contributed by atoms with Crippen LogP contribution >= 0.6 is 0 Å². The predicted octanol–water partition coefficient (Wildman–Crippen LogP) is 3.34. The Morgan fingerprint density at radius 2 is 2.00 bits per heavy atom. The molecule has 3 aromatic rings. The fraction of sp³-hybridized carbons (Fsp3) is 0.364. The molecule has 3 aromatic heterocycles. The average molecular weight is 428 g/mol. The molecule has 2 N–H and O–H groups in total. The number of fused-ring (bicyclic) bond motifs is 1. The number of aryl methyl sites for hydroxylation is 2. The van der Waals surface area contributed by atoms with E-state index in [1.165, 1.54) is 16.8 Å². The Morgan fingerprint density at radius 1 is 1.29 bits per heavy atom. The lowest BCUT2D eigenvalue weighted by molar-refractivity contribution is -0.119. The first kappa shape index (κ1) is 21.0. The minimum atomic E-state index is -2.96. The molecule has 4 rings (SSSR count). The molecule has 1 saturated carbocycles. The summed E-state index contributed by atoms with van der Waals surface area (Å²) in [6.07, 6.45) is 2.46. The van der Waals surface area contributed by atoms with E-state index in [9.17, 15) is 23.5 Å². The van der Waals surface area contributed by atoms with Crippen LogP contribution in [0.15, 0.2) is 35.4 Å². The number of nitrogens with zero attached hydrogens (tertiary/aromatic N) is 3. The summed E-state index contributed by atoms with van der Waals surface area (Å²) >= 11 is 0. The molecule has 2 unspecified atom stereocenters. The second-order valence-electron chi connectivity index (χ2n) is 7.91. The molecule has 1 fully saturated rings. The monoisotopic (exact) mass is 428 g/mol. The SMILES string of the molecule is CCC(O)c1cc(C)c(-c2cc3cnc(NC(=O)C4CC4(F)F)cc3n(C)c2=O)cn1. The van der Waals surface area contributed by atoms with E-state index < -0.39 is 30.3 Å². The number of pyridine rings is 3. The molecular weight excluding hydrogens is 406 g/mol. The molecular formula is C22H22F2N4O3. The van der Waals surface area contributed by atoms with Crippen molar-refractivity contribution < 1.29 is 18.7 Å². The first-order valence-electron chi connectivity index (χ1n) is 9.96. The molecule has 3 heterocycles. The predicted molar refractivity (Wildman–Crippen MR) is 112 cm³/mol. The van der Waals surface area contributed by atoms with Crippen LogP contribution in [0.5, 0.6) is 0 Å². The van der Waals surface area contributed by atoms with Gasteiger partial charge in [0, 0.05) is 48.4 Å². The van der Waals surface area contributed by atoms with E-state index >= 15 is 0 Å². The average Bonchev–Trinajstić information content (AvgIpc) is 3.39. The molecule has 0 bridgehead atoms. The molecule has 1 aliphatic carbocycles. The van der Waals surface area contributed by atoms with Crippen LogP contribution in [-0.2, 0) is 11.8 Å². The molecule has 9 heteroatoms. The Labute approximate surface area is 176 Å². The maximum Gasteiger partial charge on any atom is 0.260 e. The Bertz CT molecular complexity index is 1260. The molecule has 0 saturated heterocycles. The number of carbonyl (C=O) groups is 1. The maximum atomic E-state index is 13.1. The van der Waals surface area contributed by atoms with Gasteiger partial charge in [-0.15, -0.1) is 0 Å². The van der Waals surface area contributed by atoms with Gasteiger partial charge >= 0.3 is 0 Å². The Balaban J connectivity index is 1.71. The van der Waals surface area contributed by atoms with Gasteiger partial charge in [-0.05, 0) is 31.0 Å². The van der Waals surface area contributed by atoms with Crippen LogP contribution in [0, 0.1) is 12.8 Å². The Morgan fingerprint density at radius 3 is 2.61 bits per heavy atom. The zero-order valence-electron chi connectivity index (χ0n) is 17.3. The number of rotatable bonds is 5. The van der Waals surface area contributed by atoms with Gasteiger partial charge in [0.25, 0.3) is 11.5 Å². The van der Waals surface area contributed by atoms with Crippen molar-refractivity contribution in [1.82, 2.24) is 14.5 Å². The summed E-state index contributed by atoms with van der Waals surface area (Å²) in [7, 11) is 1.59. The highest BCUT2D eigenvalue weighted by Gasteiger charge is 2.61. The summed E-state index contributed by atoms with van der Waals surface area (Å²) in [5, 5.41) is 13.0. The number of carbonyl (C=O) groups excluding carboxylic acids is 1. The summed E-state index contributed by atoms with van der Waals surface area (Å²) in [5.41, 5.74) is 2.64. The van der Waals surface area contributed by atoms with E-state index in [0.717, 1.165) is 5.56 Å². The van der Waals surface area contributed by atoms with Crippen LogP contribution in [0.4, 0.5) is 14.6 Å². The van der Waals surface area contributed by atoms with Crippen LogP contribution in [0.2, 0.25) is 0 Å². The van der Waals surface area contributed by atoms with Gasteiger partial charge in [0.1, 0.15) is 11.7 Å². The van der Waals surface area contributed by atoms with Gasteiger partial charge in [-0.25, -0.2) is 13.8 Å². The Kier molecular flexibility index (Phi) is 5.09. The van der Waals surface area contributed by atoms with Crippen LogP contribution < -0.4 is 10.9 Å². The van der Waals surface area contributed by atoms with Crippen molar-refractivity contribution in [3.05, 3.63) is 52.2 Å². The summed E-state index contributed by atoms with van der Waals surface area (Å²) in [5.74, 6) is -4.97. The van der Waals surface area contributed by atoms with Crippen molar-refractivity contribution >= 4 is 22.6 Å². The molecule has 0 aliphatic heterocycles. The van der Waals surface area contributed by atoms with Crippen molar-refractivity contribution in [1.29, 1.82) is 0 Å². The first-order chi connectivity index (χ1) is 14.6. The Hall–Kier alpha value is -3.20. The van der Waals surface area contributed by atoms with Crippen LogP contribution in [0.1, 0.15) is 37.1 Å². The highest BCUT2D eigenvalue weighted by atomic mass is 19.3. The van der Waals surface area contributed by atoms with Crippen molar-refractivity contribution in [2.75, 3.05) is 5.32 Å². The van der Waals surface area contributed by atoms with Gasteiger partial charge in [0.05, 0.1) is 17.3 Å². The number of hydrogen-bond donors (Lipinski definition) is 2. The quantitative estimate of drug-likeness (QED) is 0.650. The first-order valence-corrected chi connectivity index (χ1v) is 9.96. The lowest BCUT2D eigenvalue weighted by Crippen LogP contribution is -2.21. The second-order valence-corrected chi connectivity index (χ2v) is 7.91. The maximum absolute atomic E-state index is 13.1. The van der Waals surface area contributed by atoms with Crippen molar-refractivity contribution in [2.24, 2.45) is 13.0 Å². The molecule has 162 valence electrons. The molecule has 0 radical (unpaired) electrons. The molecule has 31 heavy (non-hydrogen) atoms. The molecule has 2 atom stereocenters. The minimum absolute atomic E-state index is 0.110. The molecule has 0 aromatic carbocycles. The van der Waals surface area contributed by atoms with E-state index in [4.69, 9.17) is 0 Å². The number of aliphatic hydroxyl groups excluding tert-OH is 1. The number of alkyl halides is 2. The lowest BCUT2D eigenvalue weighted by atomic mass is 10.0. The zero-order valence-corrected chi connectivity index (χ0v) is 17.3. The summed E-state index contributed by atoms with van der Waals surface area (Å²) in [6, 6.07) is 4.94. The van der Waals surface area contributed by atoms with Gasteiger partial charge in [-0.1, -0.05) is 6.92 Å². The summed E-state index contributed by atoms with van der Waals surface area (Å²) in [6.45, 7) is 3.70. The number of anilines is 1. The standard InChI is InChI=1S/C22H22F2N4O3/c1-4-18(29)16-5-11(2)14(10-25-16)13-6-12-9-26-19(7-17(12)28(3)21(13)31)27-20(30)15-8-22(15,23)24/h5-7,9-10,15,18,29H,4,8H2,1-3H3,(H,26,27,30). The topological polar surface area (TPSA) is 97.1 Å². The third kappa shape index (κ3) is 3.81. The largest absolute Gasteiger partial charge is 0.387 e. The highest BCUT2D eigenvalue weighted by Crippen LogP contribution is 2.49. The summed E-state index contributed by atoms with van der Waals surface area (Å²) < 4.78 is 27.6. The van der Waals surface area contributed by atoms with Gasteiger partial charge in [0.15, 0.2) is 0 Å². The number of halogens is 2. The normalized spacial score (nSPS) is 18.1. The number of amides is 1. The van der Waals surface area contributed by atoms with Crippen molar-refractivity contribution in [3.8, 4) is 11.1 Å². The smallest absolute Gasteiger partial charge is 0.260 e. The van der Waals surface area contributed by atoms with E-state index in [1.807, 2.05) is 13.8 Å². The van der Waals surface area contributed by atoms with E-state index in [2.05, 4.69) is 15.3 Å². The van der Waals surface area contributed by atoms with E-state index in [1.54, 1.807) is 25.4 Å². The number of aliphatic hydroxyl groups is 1. The number of aromatic nitrogens is 3. The molecule has 7 nitrogen and oxygen atoms in total. The fourth-order valence-corrected chi connectivity index (χ4v) is 3.59. The van der Waals surface area contributed by atoms with Crippen molar-refractivity contribution in [3.63, 3.8) is 0 Å². The third-order valence-corrected chi connectivity index (χ3v) is 5.65. The molecule has 1 aliphatic rings. The third-order valence-electron chi connectivity index (χ3n) is 5.65. The fourth-order valence-electron chi connectivity index (χ4n) is 3.59. The second kappa shape index (κ2) is 7.49. The zero-order chi connectivity index (χ0) is 22.5. The van der Waals surface area contributed by atoms with Crippen LogP contribution in [0.3, 0.4) is 0 Å². The summed E-state index contributed by atoms with van der Waals surface area (Å²) in [4.78, 5) is 33.4. The van der Waals surface area contributed by atoms with Gasteiger partial charge in [-0.2, -0.15) is 0 Å². The highest BCUT2D eigenvalue weighted by molar-refractivity contribution is 5.96. The lowest BCUT2D eigenvalue weighted by Gasteiger charge is -2.14. The van der Waals surface area contributed by atoms with Crippen LogP contribution in [0.25, 0.3) is 22.0 Å². The van der Waals surface area contributed by atoms with Gasteiger partial charge < -0.3 is 15.0 Å².